The first kappa shape index (κ1) is 17.9. The van der Waals surface area contributed by atoms with Crippen molar-refractivity contribution in [3.8, 4) is 0 Å². The number of carbonyl (C=O) groups excluding carboxylic acids is 1. The molecule has 0 saturated heterocycles. The number of amides is 1. The van der Waals surface area contributed by atoms with Gasteiger partial charge >= 0.3 is 0 Å². The van der Waals surface area contributed by atoms with Crippen LogP contribution < -0.4 is 5.32 Å². The summed E-state index contributed by atoms with van der Waals surface area (Å²) in [7, 11) is -2.53. The average Bonchev–Trinajstić information content (AvgIpc) is 2.60. The highest BCUT2D eigenvalue weighted by Gasteiger charge is 2.39. The number of hydrogen-bond acceptors (Lipinski definition) is 5. The number of rotatable bonds is 4. The highest BCUT2D eigenvalue weighted by molar-refractivity contribution is 7.89. The van der Waals surface area contributed by atoms with Gasteiger partial charge < -0.3 is 10.1 Å². The summed E-state index contributed by atoms with van der Waals surface area (Å²) in [4.78, 5) is 17.0. The van der Waals surface area contributed by atoms with Crippen molar-refractivity contribution in [2.75, 3.05) is 12.4 Å². The van der Waals surface area contributed by atoms with Gasteiger partial charge in [-0.05, 0) is 38.1 Å². The first-order valence-electron chi connectivity index (χ1n) is 8.04. The highest BCUT2D eigenvalue weighted by Crippen LogP contribution is 2.37. The van der Waals surface area contributed by atoms with Crippen LogP contribution in [0.4, 0.5) is 5.82 Å². The lowest BCUT2D eigenvalue weighted by Gasteiger charge is -2.31. The molecule has 0 spiro atoms. The lowest BCUT2D eigenvalue weighted by molar-refractivity contribution is -0.113. The fourth-order valence-corrected chi connectivity index (χ4v) is 4.02. The summed E-state index contributed by atoms with van der Waals surface area (Å²) in [5, 5.41) is 2.62. The maximum atomic E-state index is 12.9. The smallest absolute Gasteiger partial charge is 0.277 e. The van der Waals surface area contributed by atoms with Gasteiger partial charge in [-0.1, -0.05) is 18.2 Å². The van der Waals surface area contributed by atoms with Crippen LogP contribution in [-0.4, -0.2) is 36.8 Å². The molecule has 1 aliphatic rings. The number of ether oxygens (including phenoxy) is 1. The number of sulfonamides is 1. The zero-order valence-corrected chi connectivity index (χ0v) is 15.4. The number of benzene rings is 1. The largest absolute Gasteiger partial charge is 0.488 e. The van der Waals surface area contributed by atoms with E-state index in [-0.39, 0.29) is 22.5 Å². The Morgan fingerprint density at radius 3 is 2.50 bits per heavy atom. The molecule has 0 aliphatic carbocycles. The normalized spacial score (nSPS) is 15.6. The van der Waals surface area contributed by atoms with Gasteiger partial charge in [0.1, 0.15) is 5.82 Å². The van der Waals surface area contributed by atoms with E-state index in [1.165, 1.54) is 19.3 Å². The number of likely N-dealkylation sites (N-methyl/N-ethyl adjacent to an activating group) is 1. The van der Waals surface area contributed by atoms with Crippen molar-refractivity contribution in [2.45, 2.75) is 24.8 Å². The fourth-order valence-electron chi connectivity index (χ4n) is 2.63. The lowest BCUT2D eigenvalue weighted by atomic mass is 10.1. The molecule has 1 aromatic carbocycles. The van der Waals surface area contributed by atoms with Crippen molar-refractivity contribution < 1.29 is 17.9 Å². The minimum atomic E-state index is -3.86. The summed E-state index contributed by atoms with van der Waals surface area (Å²) >= 11 is 0. The second-order valence-electron chi connectivity index (χ2n) is 5.98. The molecule has 1 aliphatic heterocycles. The number of pyridine rings is 1. The number of fused-ring (bicyclic) bond motifs is 1. The Morgan fingerprint density at radius 1 is 1.15 bits per heavy atom. The van der Waals surface area contributed by atoms with Crippen LogP contribution >= 0.6 is 0 Å². The van der Waals surface area contributed by atoms with Crippen LogP contribution in [0.25, 0.3) is 5.76 Å². The van der Waals surface area contributed by atoms with E-state index in [1.807, 2.05) is 13.8 Å². The maximum absolute atomic E-state index is 12.9. The summed E-state index contributed by atoms with van der Waals surface area (Å²) in [6.07, 6.45) is 1.29. The Labute approximate surface area is 152 Å². The molecule has 0 radical (unpaired) electrons. The first-order valence-corrected chi connectivity index (χ1v) is 9.48. The van der Waals surface area contributed by atoms with Crippen LogP contribution in [0.1, 0.15) is 19.4 Å². The predicted octanol–water partition coefficient (Wildman–Crippen LogP) is 2.45. The Balaban J connectivity index is 2.16. The van der Waals surface area contributed by atoms with Gasteiger partial charge in [0.05, 0.1) is 11.0 Å². The number of nitrogens with zero attached hydrogens (tertiary/aromatic N) is 2. The Hall–Kier alpha value is -2.87. The van der Waals surface area contributed by atoms with Gasteiger partial charge in [-0.15, -0.1) is 0 Å². The molecule has 0 bridgehead atoms. The molecule has 26 heavy (non-hydrogen) atoms. The van der Waals surface area contributed by atoms with Gasteiger partial charge in [0, 0.05) is 18.8 Å². The van der Waals surface area contributed by atoms with Gasteiger partial charge in [-0.25, -0.2) is 13.4 Å². The molecule has 0 saturated carbocycles. The molecule has 3 rings (SSSR count). The van der Waals surface area contributed by atoms with E-state index >= 15 is 0 Å². The van der Waals surface area contributed by atoms with Gasteiger partial charge in [-0.3, -0.25) is 9.10 Å². The van der Waals surface area contributed by atoms with E-state index in [1.54, 1.807) is 36.4 Å². The highest BCUT2D eigenvalue weighted by atomic mass is 32.2. The van der Waals surface area contributed by atoms with Crippen LogP contribution in [0.2, 0.25) is 0 Å². The van der Waals surface area contributed by atoms with Crippen molar-refractivity contribution in [1.29, 1.82) is 0 Å². The van der Waals surface area contributed by atoms with Crippen molar-refractivity contribution in [2.24, 2.45) is 0 Å². The Kier molecular flexibility index (Phi) is 4.69. The second-order valence-corrected chi connectivity index (χ2v) is 7.92. The van der Waals surface area contributed by atoms with E-state index in [2.05, 4.69) is 10.3 Å². The third-order valence-corrected chi connectivity index (χ3v) is 5.59. The second kappa shape index (κ2) is 6.80. The van der Waals surface area contributed by atoms with Crippen LogP contribution in [0.3, 0.4) is 0 Å². The van der Waals surface area contributed by atoms with Crippen molar-refractivity contribution in [3.05, 3.63) is 59.9 Å². The van der Waals surface area contributed by atoms with E-state index in [4.69, 9.17) is 4.74 Å². The number of carbonyl (C=O) groups is 1. The fraction of sp³-hybridized carbons (Fsp3) is 0.222. The molecule has 1 N–H and O–H groups in total. The van der Waals surface area contributed by atoms with Gasteiger partial charge in [0.2, 0.25) is 0 Å². The van der Waals surface area contributed by atoms with Gasteiger partial charge in [-0.2, -0.15) is 0 Å². The summed E-state index contributed by atoms with van der Waals surface area (Å²) < 4.78 is 32.5. The molecule has 0 unspecified atom stereocenters. The Morgan fingerprint density at radius 2 is 1.85 bits per heavy atom. The van der Waals surface area contributed by atoms with Gasteiger partial charge in [0.15, 0.2) is 11.5 Å². The van der Waals surface area contributed by atoms with Crippen molar-refractivity contribution in [1.82, 2.24) is 9.29 Å². The van der Waals surface area contributed by atoms with E-state index in [0.717, 1.165) is 4.31 Å². The zero-order chi connectivity index (χ0) is 18.9. The van der Waals surface area contributed by atoms with Crippen LogP contribution in [-0.2, 0) is 19.6 Å². The lowest BCUT2D eigenvalue weighted by Crippen LogP contribution is -2.38. The first-order chi connectivity index (χ1) is 12.3. The summed E-state index contributed by atoms with van der Waals surface area (Å²) in [5.74, 6) is -0.0696. The van der Waals surface area contributed by atoms with E-state index < -0.39 is 15.9 Å². The molecular weight excluding hydrogens is 354 g/mol. The number of aromatic nitrogens is 1. The Bertz CT molecular complexity index is 969. The summed E-state index contributed by atoms with van der Waals surface area (Å²) in [6, 6.07) is 11.5. The van der Waals surface area contributed by atoms with Gasteiger partial charge in [0.25, 0.3) is 15.9 Å². The van der Waals surface area contributed by atoms with E-state index in [0.29, 0.717) is 11.4 Å². The minimum absolute atomic E-state index is 0.0805. The topological polar surface area (TPSA) is 88.6 Å². The molecule has 1 amide bonds. The summed E-state index contributed by atoms with van der Waals surface area (Å²) in [6.45, 7) is 3.62. The van der Waals surface area contributed by atoms with Crippen molar-refractivity contribution in [3.63, 3.8) is 0 Å². The molecule has 0 fully saturated rings. The number of anilines is 1. The average molecular weight is 373 g/mol. The molecular formula is C18H19N3O4S. The van der Waals surface area contributed by atoms with Crippen LogP contribution in [0, 0.1) is 0 Å². The monoisotopic (exact) mass is 373 g/mol. The minimum Gasteiger partial charge on any atom is -0.488 e. The third-order valence-electron chi connectivity index (χ3n) is 3.78. The molecule has 8 heteroatoms. The molecule has 0 atom stereocenters. The van der Waals surface area contributed by atoms with Crippen LogP contribution in [0.5, 0.6) is 0 Å². The quantitative estimate of drug-likeness (QED) is 0.889. The molecule has 7 nitrogen and oxygen atoms in total. The maximum Gasteiger partial charge on any atom is 0.277 e. The van der Waals surface area contributed by atoms with Crippen molar-refractivity contribution >= 4 is 27.5 Å². The van der Waals surface area contributed by atoms with E-state index in [9.17, 15) is 13.2 Å². The van der Waals surface area contributed by atoms with Crippen LogP contribution in [0.15, 0.2) is 59.3 Å². The molecule has 2 heterocycles. The molecule has 2 aromatic rings. The number of nitrogens with one attached hydrogen (secondary N) is 1. The molecule has 136 valence electrons. The summed E-state index contributed by atoms with van der Waals surface area (Å²) in [5.41, 5.74) is 0.286. The number of hydrogen-bond donors (Lipinski definition) is 1. The standard InChI is InChI=1S/C18H19N3O4S/c1-12(2)25-17-13-8-4-5-9-14(13)26(23,24)21(3)16(17)18(22)20-15-10-6-7-11-19-15/h4-12H,1-3H3,(H,19,20,22). The SMILES string of the molecule is CC(C)OC1=C(C(=O)Nc2ccccn2)N(C)S(=O)(=O)c2ccccc21. The predicted molar refractivity (Wildman–Crippen MR) is 97.4 cm³/mol. The molecule has 1 aromatic heterocycles. The third kappa shape index (κ3) is 3.15. The zero-order valence-electron chi connectivity index (χ0n) is 14.6.